The highest BCUT2D eigenvalue weighted by molar-refractivity contribution is 7.99. The summed E-state index contributed by atoms with van der Waals surface area (Å²) in [6.45, 7) is -2.95. The molecule has 120 valence electrons. The molecule has 0 saturated carbocycles. The van der Waals surface area contributed by atoms with Gasteiger partial charge in [-0.2, -0.15) is 8.78 Å². The molecule has 0 radical (unpaired) electrons. The molecule has 1 saturated heterocycles. The highest BCUT2D eigenvalue weighted by Crippen LogP contribution is 2.25. The molecule has 1 atom stereocenters. The third kappa shape index (κ3) is 3.68. The van der Waals surface area contributed by atoms with E-state index >= 15 is 0 Å². The van der Waals surface area contributed by atoms with Gasteiger partial charge in [0, 0.05) is 25.4 Å². The van der Waals surface area contributed by atoms with Crippen molar-refractivity contribution < 1.29 is 23.1 Å². The molecule has 0 N–H and O–H groups in total. The number of hydrogen-bond acceptors (Lipinski definition) is 4. The van der Waals surface area contributed by atoms with Crippen molar-refractivity contribution in [1.82, 2.24) is 9.80 Å². The molecule has 1 aromatic carbocycles. The van der Waals surface area contributed by atoms with E-state index in [-0.39, 0.29) is 23.1 Å². The smallest absolute Gasteiger partial charge is 0.387 e. The van der Waals surface area contributed by atoms with Crippen molar-refractivity contribution in [3.8, 4) is 5.75 Å². The van der Waals surface area contributed by atoms with Gasteiger partial charge in [-0.15, -0.1) is 11.8 Å². The summed E-state index contributed by atoms with van der Waals surface area (Å²) < 4.78 is 28.8. The van der Waals surface area contributed by atoms with Crippen LogP contribution < -0.4 is 4.74 Å². The lowest BCUT2D eigenvalue weighted by Crippen LogP contribution is -2.46. The Labute approximate surface area is 131 Å². The van der Waals surface area contributed by atoms with Crippen LogP contribution in [0.4, 0.5) is 8.78 Å². The first kappa shape index (κ1) is 16.5. The van der Waals surface area contributed by atoms with Crippen LogP contribution in [-0.4, -0.2) is 60.0 Å². The zero-order valence-corrected chi connectivity index (χ0v) is 13.0. The minimum Gasteiger partial charge on any atom is -0.435 e. The molecule has 1 fully saturated rings. The topological polar surface area (TPSA) is 49.9 Å². The molecule has 0 aromatic heterocycles. The van der Waals surface area contributed by atoms with Crippen molar-refractivity contribution in [2.45, 2.75) is 12.7 Å². The third-order valence-electron chi connectivity index (χ3n) is 3.18. The van der Waals surface area contributed by atoms with E-state index in [1.807, 2.05) is 0 Å². The van der Waals surface area contributed by atoms with Crippen molar-refractivity contribution in [2.75, 3.05) is 25.7 Å². The SMILES string of the molecule is CN(C)C(=O)[C@H]1CSCN1C(=O)c1cccc(OC(F)F)c1. The average Bonchev–Trinajstić information content (AvgIpc) is 2.94. The molecular weight excluding hydrogens is 314 g/mol. The summed E-state index contributed by atoms with van der Waals surface area (Å²) in [5.41, 5.74) is 0.220. The molecule has 1 aliphatic rings. The van der Waals surface area contributed by atoms with Crippen LogP contribution >= 0.6 is 11.8 Å². The van der Waals surface area contributed by atoms with Crippen LogP contribution in [0.3, 0.4) is 0 Å². The predicted molar refractivity (Wildman–Crippen MR) is 79.1 cm³/mol. The number of amides is 2. The van der Waals surface area contributed by atoms with E-state index in [0.29, 0.717) is 11.6 Å². The summed E-state index contributed by atoms with van der Waals surface area (Å²) in [6.07, 6.45) is 0. The van der Waals surface area contributed by atoms with Crippen LogP contribution in [0.2, 0.25) is 0 Å². The summed E-state index contributed by atoms with van der Waals surface area (Å²) in [5, 5.41) is 0. The second-order valence-electron chi connectivity index (χ2n) is 4.93. The Hall–Kier alpha value is -1.83. The van der Waals surface area contributed by atoms with E-state index in [1.165, 1.54) is 45.8 Å². The molecule has 2 amide bonds. The van der Waals surface area contributed by atoms with E-state index in [1.54, 1.807) is 14.1 Å². The maximum absolute atomic E-state index is 12.5. The monoisotopic (exact) mass is 330 g/mol. The number of nitrogens with zero attached hydrogens (tertiary/aromatic N) is 2. The average molecular weight is 330 g/mol. The molecule has 2 rings (SSSR count). The summed E-state index contributed by atoms with van der Waals surface area (Å²) in [6, 6.07) is 5.06. The van der Waals surface area contributed by atoms with Crippen LogP contribution in [0.1, 0.15) is 10.4 Å². The summed E-state index contributed by atoms with van der Waals surface area (Å²) in [4.78, 5) is 27.5. The lowest BCUT2D eigenvalue weighted by molar-refractivity contribution is -0.132. The van der Waals surface area contributed by atoms with Crippen molar-refractivity contribution in [2.24, 2.45) is 0 Å². The summed E-state index contributed by atoms with van der Waals surface area (Å²) >= 11 is 1.48. The second-order valence-corrected chi connectivity index (χ2v) is 5.93. The minimum atomic E-state index is -2.95. The molecule has 0 bridgehead atoms. The number of likely N-dealkylation sites (N-methyl/N-ethyl adjacent to an activating group) is 1. The van der Waals surface area contributed by atoms with Gasteiger partial charge in [-0.1, -0.05) is 6.07 Å². The number of alkyl halides is 2. The fourth-order valence-electron chi connectivity index (χ4n) is 2.12. The molecule has 8 heteroatoms. The van der Waals surface area contributed by atoms with E-state index in [9.17, 15) is 18.4 Å². The van der Waals surface area contributed by atoms with Crippen LogP contribution in [0.5, 0.6) is 5.75 Å². The molecule has 0 spiro atoms. The van der Waals surface area contributed by atoms with Gasteiger partial charge in [0.25, 0.3) is 5.91 Å². The fourth-order valence-corrected chi connectivity index (χ4v) is 3.26. The maximum Gasteiger partial charge on any atom is 0.387 e. The first-order chi connectivity index (χ1) is 10.4. The molecular formula is C14H16F2N2O3S. The van der Waals surface area contributed by atoms with E-state index in [2.05, 4.69) is 4.74 Å². The Morgan fingerprint density at radius 2 is 2.14 bits per heavy atom. The number of carbonyl (C=O) groups excluding carboxylic acids is 2. The number of benzene rings is 1. The van der Waals surface area contributed by atoms with Crippen molar-refractivity contribution in [1.29, 1.82) is 0 Å². The Bertz CT molecular complexity index is 569. The maximum atomic E-state index is 12.5. The van der Waals surface area contributed by atoms with E-state index in [4.69, 9.17) is 0 Å². The van der Waals surface area contributed by atoms with Gasteiger partial charge >= 0.3 is 6.61 Å². The first-order valence-corrected chi connectivity index (χ1v) is 7.70. The van der Waals surface area contributed by atoms with Gasteiger partial charge < -0.3 is 14.5 Å². The van der Waals surface area contributed by atoms with Crippen molar-refractivity contribution >= 4 is 23.6 Å². The number of rotatable bonds is 4. The molecule has 0 unspecified atom stereocenters. The highest BCUT2D eigenvalue weighted by atomic mass is 32.2. The molecule has 1 aromatic rings. The fraction of sp³-hybridized carbons (Fsp3) is 0.429. The molecule has 0 aliphatic carbocycles. The quantitative estimate of drug-likeness (QED) is 0.846. The molecule has 1 heterocycles. The number of thioether (sulfide) groups is 1. The lowest BCUT2D eigenvalue weighted by atomic mass is 10.1. The Morgan fingerprint density at radius 3 is 2.77 bits per heavy atom. The van der Waals surface area contributed by atoms with E-state index in [0.717, 1.165) is 0 Å². The van der Waals surface area contributed by atoms with E-state index < -0.39 is 12.7 Å². The molecule has 1 aliphatic heterocycles. The van der Waals surface area contributed by atoms with Crippen LogP contribution in [0.15, 0.2) is 24.3 Å². The normalized spacial score (nSPS) is 17.7. The Kier molecular flexibility index (Phi) is 5.23. The number of halogens is 2. The summed E-state index contributed by atoms with van der Waals surface area (Å²) in [7, 11) is 3.26. The van der Waals surface area contributed by atoms with Gasteiger partial charge in [-0.05, 0) is 18.2 Å². The lowest BCUT2D eigenvalue weighted by Gasteiger charge is -2.25. The molecule has 22 heavy (non-hydrogen) atoms. The minimum absolute atomic E-state index is 0.0804. The van der Waals surface area contributed by atoms with Crippen LogP contribution in [0.25, 0.3) is 0 Å². The number of ether oxygens (including phenoxy) is 1. The largest absolute Gasteiger partial charge is 0.435 e. The number of hydrogen-bond donors (Lipinski definition) is 0. The zero-order valence-electron chi connectivity index (χ0n) is 12.2. The number of carbonyl (C=O) groups is 2. The Morgan fingerprint density at radius 1 is 1.41 bits per heavy atom. The van der Waals surface area contributed by atoms with Gasteiger partial charge in [0.2, 0.25) is 5.91 Å². The standard InChI is InChI=1S/C14H16F2N2O3S/c1-17(2)13(20)11-7-22-8-18(11)12(19)9-4-3-5-10(6-9)21-14(15)16/h3-6,11,14H,7-8H2,1-2H3/t11-/m1/s1. The van der Waals surface area contributed by atoms with Crippen LogP contribution in [-0.2, 0) is 4.79 Å². The van der Waals surface area contributed by atoms with Gasteiger partial charge in [-0.25, -0.2) is 0 Å². The molecule has 5 nitrogen and oxygen atoms in total. The summed E-state index contributed by atoms with van der Waals surface area (Å²) in [5.74, 6) is 0.311. The van der Waals surface area contributed by atoms with Crippen LogP contribution in [0, 0.1) is 0 Å². The van der Waals surface area contributed by atoms with Gasteiger partial charge in [0.05, 0.1) is 5.88 Å². The van der Waals surface area contributed by atoms with Crippen molar-refractivity contribution in [3.05, 3.63) is 29.8 Å². The second kappa shape index (κ2) is 6.95. The predicted octanol–water partition coefficient (Wildman–Crippen LogP) is 1.89. The van der Waals surface area contributed by atoms with Gasteiger partial charge in [0.1, 0.15) is 11.8 Å². The van der Waals surface area contributed by atoms with Gasteiger partial charge in [0.15, 0.2) is 0 Å². The Balaban J connectivity index is 2.18. The third-order valence-corrected chi connectivity index (χ3v) is 4.19. The van der Waals surface area contributed by atoms with Crippen molar-refractivity contribution in [3.63, 3.8) is 0 Å². The zero-order chi connectivity index (χ0) is 16.3. The highest BCUT2D eigenvalue weighted by Gasteiger charge is 2.36. The van der Waals surface area contributed by atoms with Gasteiger partial charge in [-0.3, -0.25) is 9.59 Å². The first-order valence-electron chi connectivity index (χ1n) is 6.55.